The Morgan fingerprint density at radius 2 is 0.979 bits per heavy atom. The first-order valence-corrected chi connectivity index (χ1v) is 37.1. The summed E-state index contributed by atoms with van der Waals surface area (Å²) in [4.78, 5) is 68.6. The van der Waals surface area contributed by atoms with Crippen molar-refractivity contribution in [2.45, 2.75) is 252 Å². The number of carbonyl (C=O) groups excluding carboxylic acids is 4. The lowest BCUT2D eigenvalue weighted by Gasteiger charge is -2.49. The number of rotatable bonds is 16. The molecule has 530 valence electrons. The van der Waals surface area contributed by atoms with Crippen LogP contribution < -0.4 is 5.32 Å². The number of fused-ring (bicyclic) bond motifs is 6. The molecule has 4 fully saturated rings. The number of hydrogen-bond donors (Lipinski definition) is 1. The van der Waals surface area contributed by atoms with Gasteiger partial charge in [-0.1, -0.05) is 135 Å². The molecule has 0 radical (unpaired) electrons. The van der Waals surface area contributed by atoms with Crippen LogP contribution in [0.25, 0.3) is 0 Å². The average molecular weight is 1330 g/mol. The highest BCUT2D eigenvalue weighted by Gasteiger charge is 2.47. The predicted molar refractivity (Wildman–Crippen MR) is 384 cm³/mol. The number of aromatic nitrogens is 1. The minimum atomic E-state index is -4.30. The maximum absolute atomic E-state index is 13.3. The Morgan fingerprint density at radius 1 is 0.562 bits per heavy atom. The highest BCUT2D eigenvalue weighted by atomic mass is 19.4. The van der Waals surface area contributed by atoms with Gasteiger partial charge < -0.3 is 34.7 Å². The molecule has 5 heterocycles. The van der Waals surface area contributed by atoms with Crippen molar-refractivity contribution in [3.05, 3.63) is 136 Å². The molecule has 11 rings (SSSR count). The van der Waals surface area contributed by atoms with Gasteiger partial charge in [0.15, 0.2) is 0 Å². The first kappa shape index (κ1) is 74.6. The van der Waals surface area contributed by atoms with Gasteiger partial charge in [0.2, 0.25) is 17.7 Å². The molecule has 1 aromatic heterocycles. The molecule has 4 atom stereocenters. The number of alkyl halides is 3. The van der Waals surface area contributed by atoms with Crippen LogP contribution in [0.5, 0.6) is 0 Å². The fraction of sp³-hybridized carbons (Fsp3) is 0.667. The summed E-state index contributed by atoms with van der Waals surface area (Å²) in [5, 5.41) is 3.30. The first-order chi connectivity index (χ1) is 45.5. The summed E-state index contributed by atoms with van der Waals surface area (Å²) in [6, 6.07) is 29.5. The summed E-state index contributed by atoms with van der Waals surface area (Å²) in [5.41, 5.74) is 10.5. The van der Waals surface area contributed by atoms with Crippen molar-refractivity contribution in [3.8, 4) is 0 Å². The molecule has 3 aromatic carbocycles. The smallest absolute Gasteiger partial charge is 0.348 e. The number of nitrogens with zero attached hydrogens (tertiary/aromatic N) is 7. The Morgan fingerprint density at radius 3 is 1.38 bits per heavy atom. The first-order valence-electron chi connectivity index (χ1n) is 37.1. The molecule has 4 aliphatic heterocycles. The Bertz CT molecular complexity index is 3210. The lowest BCUT2D eigenvalue weighted by molar-refractivity contribution is -0.150. The molecule has 7 aliphatic rings. The quantitative estimate of drug-likeness (QED) is 0.118. The number of benzene rings is 3. The second kappa shape index (κ2) is 31.7. The number of carbonyl (C=O) groups is 4. The van der Waals surface area contributed by atoms with Gasteiger partial charge in [-0.3, -0.25) is 24.2 Å². The van der Waals surface area contributed by atoms with Crippen LogP contribution in [0.3, 0.4) is 0 Å². The number of nitrogens with one attached hydrogen (secondary N) is 1. The minimum absolute atomic E-state index is 0. The molecule has 12 nitrogen and oxygen atoms in total. The third-order valence-electron chi connectivity index (χ3n) is 23.2. The summed E-state index contributed by atoms with van der Waals surface area (Å²) in [6.45, 7) is 38.9. The van der Waals surface area contributed by atoms with Crippen LogP contribution in [-0.4, -0.2) is 149 Å². The Kier molecular flexibility index (Phi) is 24.6. The molecule has 4 amide bonds. The highest BCUT2D eigenvalue weighted by molar-refractivity contribution is 5.94. The SMILES string of the molecule is CCN(C(=O)CCC(F)(F)F)[C@H]1CCC2(CCN(CCC(C)(C)C)CC2)c2ccccc21.CCN(C(=O)c1cccnc1)[C@@H]1CCC2(CCN(CCC(C)(C)C)CC2)c2ccccc21.C[C@H](C(=O)N[C@H]1CCC2(CCN(CCC(C)(C)C)CC2)c2ccccc21)N1CCCC1=O.[HH]. The van der Waals surface area contributed by atoms with Gasteiger partial charge in [0.25, 0.3) is 5.91 Å². The van der Waals surface area contributed by atoms with Crippen LogP contribution in [0.15, 0.2) is 97.3 Å². The Labute approximate surface area is 577 Å². The summed E-state index contributed by atoms with van der Waals surface area (Å²) < 4.78 is 38.0. The van der Waals surface area contributed by atoms with Crippen molar-refractivity contribution in [1.29, 1.82) is 0 Å². The van der Waals surface area contributed by atoms with Gasteiger partial charge in [-0.05, 0) is 260 Å². The zero-order valence-electron chi connectivity index (χ0n) is 60.9. The lowest BCUT2D eigenvalue weighted by Crippen LogP contribution is -2.49. The van der Waals surface area contributed by atoms with E-state index >= 15 is 0 Å². The predicted octanol–water partition coefficient (Wildman–Crippen LogP) is 17.0. The zero-order valence-corrected chi connectivity index (χ0v) is 60.9. The number of pyridine rings is 1. The summed E-state index contributed by atoms with van der Waals surface area (Å²) >= 11 is 0. The number of likely N-dealkylation sites (tertiary alicyclic amines) is 4. The summed E-state index contributed by atoms with van der Waals surface area (Å²) in [5.74, 6) is -0.215. The monoisotopic (exact) mass is 1330 g/mol. The van der Waals surface area contributed by atoms with Gasteiger partial charge in [0.1, 0.15) is 6.04 Å². The average Bonchev–Trinajstić information content (AvgIpc) is 1.76. The minimum Gasteiger partial charge on any atom is -0.348 e. The van der Waals surface area contributed by atoms with Gasteiger partial charge in [0.05, 0.1) is 30.1 Å². The zero-order chi connectivity index (χ0) is 69.3. The Balaban J connectivity index is 0.000000185. The molecule has 1 N–H and O–H groups in total. The molecule has 0 saturated carbocycles. The van der Waals surface area contributed by atoms with E-state index in [1.807, 2.05) is 32.0 Å². The van der Waals surface area contributed by atoms with E-state index in [-0.39, 0.29) is 59.6 Å². The summed E-state index contributed by atoms with van der Waals surface area (Å²) in [7, 11) is 0. The van der Waals surface area contributed by atoms with E-state index in [0.29, 0.717) is 47.9 Å². The third-order valence-corrected chi connectivity index (χ3v) is 23.2. The molecule has 0 unspecified atom stereocenters. The van der Waals surface area contributed by atoms with Crippen LogP contribution in [0.2, 0.25) is 0 Å². The number of piperidine rings is 3. The molecule has 96 heavy (non-hydrogen) atoms. The Hall–Kier alpha value is -5.64. The second-order valence-electron chi connectivity index (χ2n) is 33.3. The van der Waals surface area contributed by atoms with E-state index in [4.69, 9.17) is 0 Å². The number of amides is 4. The van der Waals surface area contributed by atoms with E-state index in [9.17, 15) is 32.3 Å². The van der Waals surface area contributed by atoms with Crippen LogP contribution in [0, 0.1) is 16.2 Å². The van der Waals surface area contributed by atoms with Crippen molar-refractivity contribution < 1.29 is 33.8 Å². The molecule has 4 saturated heterocycles. The van der Waals surface area contributed by atoms with E-state index in [2.05, 4.69) is 166 Å². The molecule has 0 bridgehead atoms. The fourth-order valence-electron chi connectivity index (χ4n) is 17.0. The molecular weight excluding hydrogens is 1210 g/mol. The van der Waals surface area contributed by atoms with Crippen LogP contribution in [-0.2, 0) is 30.6 Å². The van der Waals surface area contributed by atoms with Gasteiger partial charge in [-0.15, -0.1) is 0 Å². The maximum Gasteiger partial charge on any atom is 0.389 e. The molecular formula is C81H121F3N8O4. The normalized spacial score (nSPS) is 22.2. The van der Waals surface area contributed by atoms with Crippen molar-refractivity contribution >= 4 is 23.6 Å². The number of hydrogen-bond acceptors (Lipinski definition) is 8. The van der Waals surface area contributed by atoms with Gasteiger partial charge in [0, 0.05) is 46.3 Å². The highest BCUT2D eigenvalue weighted by Crippen LogP contribution is 2.53. The third kappa shape index (κ3) is 18.8. The van der Waals surface area contributed by atoms with E-state index in [0.717, 1.165) is 89.7 Å². The van der Waals surface area contributed by atoms with Crippen molar-refractivity contribution in [3.63, 3.8) is 0 Å². The van der Waals surface area contributed by atoms with Gasteiger partial charge >= 0.3 is 6.18 Å². The van der Waals surface area contributed by atoms with E-state index in [1.54, 1.807) is 22.2 Å². The van der Waals surface area contributed by atoms with E-state index in [1.165, 1.54) is 105 Å². The molecule has 15 heteroatoms. The molecule has 3 spiro atoms. The van der Waals surface area contributed by atoms with Crippen LogP contribution in [0.1, 0.15) is 268 Å². The van der Waals surface area contributed by atoms with Crippen molar-refractivity contribution in [2.24, 2.45) is 16.2 Å². The topological polar surface area (TPSA) is 113 Å². The second-order valence-corrected chi connectivity index (χ2v) is 33.3. The molecule has 4 aromatic rings. The van der Waals surface area contributed by atoms with Crippen LogP contribution >= 0.6 is 0 Å². The van der Waals surface area contributed by atoms with Gasteiger partial charge in [-0.2, -0.15) is 13.2 Å². The maximum atomic E-state index is 13.3. The molecule has 3 aliphatic carbocycles. The fourth-order valence-corrected chi connectivity index (χ4v) is 17.0. The van der Waals surface area contributed by atoms with Crippen molar-refractivity contribution in [1.82, 2.24) is 39.7 Å². The van der Waals surface area contributed by atoms with Crippen LogP contribution in [0.4, 0.5) is 13.2 Å². The number of halogens is 3. The van der Waals surface area contributed by atoms with Crippen molar-refractivity contribution in [2.75, 3.05) is 78.5 Å². The summed E-state index contributed by atoms with van der Waals surface area (Å²) in [6.07, 6.45) is 15.9. The lowest BCUT2D eigenvalue weighted by atomic mass is 9.63. The standard InChI is InChI=1S/C28H39N3O.C27H41N3O2.C26H39F3N2O.H2/c1-5-31(26(32)22-9-8-17-29-21-22)25-12-13-28(24-11-7-6-10-23(24)25)15-19-30(20-16-28)18-14-27(2,3)4;1-20(30-16-7-10-24(30)31)25(32)28-23-11-12-27(22-9-6-5-8-21(22)23)14-18-29(19-15-27)17-13-26(2,3)4;1-5-31(23(32)11-13-26(27,28)29)22-10-12-25(21-9-7-6-8-20(21)22)15-18-30(19-16-25)17-14-24(2,3)4;/h6-11,17,21,25H,5,12-16,18-20H2,1-4H3;5-6,8-9,20,23H,7,10-19H2,1-4H3,(H,28,32);6-9,22H,5,10-19H2,1-4H3;1H/t25-;20-,23+;22-;/m110./s1. The largest absolute Gasteiger partial charge is 0.389 e. The van der Waals surface area contributed by atoms with E-state index < -0.39 is 24.9 Å². The van der Waals surface area contributed by atoms with Gasteiger partial charge in [-0.25, -0.2) is 0 Å².